The van der Waals surface area contributed by atoms with Crippen molar-refractivity contribution in [1.82, 2.24) is 0 Å². The fourth-order valence-electron chi connectivity index (χ4n) is 2.22. The zero-order valence-electron chi connectivity index (χ0n) is 10.9. The van der Waals surface area contributed by atoms with Gasteiger partial charge in [0.2, 0.25) is 6.20 Å². The van der Waals surface area contributed by atoms with E-state index in [-0.39, 0.29) is 6.10 Å². The minimum Gasteiger partial charge on any atom is -0.493 e. The average Bonchev–Trinajstić information content (AvgIpc) is 2.90. The molecule has 1 aromatic carbocycles. The van der Waals surface area contributed by atoms with Crippen LogP contribution in [0, 0.1) is 10.1 Å². The first-order valence-corrected chi connectivity index (χ1v) is 6.35. The van der Waals surface area contributed by atoms with E-state index < -0.39 is 4.92 Å². The fourth-order valence-corrected chi connectivity index (χ4v) is 2.22. The van der Waals surface area contributed by atoms with Gasteiger partial charge in [0.25, 0.3) is 0 Å². The predicted octanol–water partition coefficient (Wildman–Crippen LogP) is 3.26. The Kier molecular flexibility index (Phi) is 4.39. The van der Waals surface area contributed by atoms with Crippen molar-refractivity contribution in [2.75, 3.05) is 7.11 Å². The molecule has 0 amide bonds. The first-order valence-electron chi connectivity index (χ1n) is 6.35. The Morgan fingerprint density at radius 1 is 1.32 bits per heavy atom. The van der Waals surface area contributed by atoms with Crippen LogP contribution < -0.4 is 9.47 Å². The quantitative estimate of drug-likeness (QED) is 0.604. The van der Waals surface area contributed by atoms with Crippen LogP contribution in [0.25, 0.3) is 6.08 Å². The van der Waals surface area contributed by atoms with Crippen LogP contribution in [0.3, 0.4) is 0 Å². The Hall–Kier alpha value is -2.04. The molecule has 1 fully saturated rings. The third-order valence-corrected chi connectivity index (χ3v) is 3.17. The monoisotopic (exact) mass is 263 g/mol. The molecule has 0 atom stereocenters. The molecular formula is C14H17NO4. The Morgan fingerprint density at radius 2 is 2.05 bits per heavy atom. The van der Waals surface area contributed by atoms with Gasteiger partial charge in [-0.15, -0.1) is 0 Å². The SMILES string of the molecule is COc1cc(C=C[N+](=O)[O-])ccc1OC1CCCC1. The van der Waals surface area contributed by atoms with Gasteiger partial charge >= 0.3 is 0 Å². The van der Waals surface area contributed by atoms with Crippen LogP contribution in [0.5, 0.6) is 11.5 Å². The molecule has 1 saturated carbocycles. The predicted molar refractivity (Wildman–Crippen MR) is 71.9 cm³/mol. The fraction of sp³-hybridized carbons (Fsp3) is 0.429. The number of benzene rings is 1. The van der Waals surface area contributed by atoms with E-state index >= 15 is 0 Å². The Morgan fingerprint density at radius 3 is 2.68 bits per heavy atom. The van der Waals surface area contributed by atoms with Crippen molar-refractivity contribution in [3.05, 3.63) is 40.1 Å². The molecule has 0 aromatic heterocycles. The van der Waals surface area contributed by atoms with Gasteiger partial charge < -0.3 is 9.47 Å². The number of hydrogen-bond acceptors (Lipinski definition) is 4. The van der Waals surface area contributed by atoms with Gasteiger partial charge in [0.1, 0.15) is 0 Å². The molecule has 0 N–H and O–H groups in total. The standard InChI is InChI=1S/C14H17NO4/c1-18-14-10-11(8-9-15(16)17)6-7-13(14)19-12-4-2-3-5-12/h6-10,12H,2-5H2,1H3. The zero-order chi connectivity index (χ0) is 13.7. The van der Waals surface area contributed by atoms with Gasteiger partial charge in [-0.2, -0.15) is 0 Å². The summed E-state index contributed by atoms with van der Waals surface area (Å²) in [6, 6.07) is 5.33. The maximum absolute atomic E-state index is 10.3. The molecular weight excluding hydrogens is 246 g/mol. The highest BCUT2D eigenvalue weighted by Crippen LogP contribution is 2.32. The van der Waals surface area contributed by atoms with Crippen molar-refractivity contribution in [2.45, 2.75) is 31.8 Å². The third kappa shape index (κ3) is 3.71. The van der Waals surface area contributed by atoms with Crippen LogP contribution in [0.4, 0.5) is 0 Å². The summed E-state index contributed by atoms with van der Waals surface area (Å²) in [6.45, 7) is 0. The molecule has 19 heavy (non-hydrogen) atoms. The maximum Gasteiger partial charge on any atom is 0.235 e. The molecule has 1 aliphatic rings. The lowest BCUT2D eigenvalue weighted by atomic mass is 10.2. The Labute approximate surface area is 112 Å². The average molecular weight is 263 g/mol. The van der Waals surface area contributed by atoms with E-state index in [9.17, 15) is 10.1 Å². The van der Waals surface area contributed by atoms with Crippen molar-refractivity contribution in [3.63, 3.8) is 0 Å². The van der Waals surface area contributed by atoms with Crippen LogP contribution in [0.15, 0.2) is 24.4 Å². The molecule has 2 rings (SSSR count). The van der Waals surface area contributed by atoms with Crippen LogP contribution in [-0.4, -0.2) is 18.1 Å². The topological polar surface area (TPSA) is 61.6 Å². The van der Waals surface area contributed by atoms with Crippen LogP contribution in [0.2, 0.25) is 0 Å². The lowest BCUT2D eigenvalue weighted by molar-refractivity contribution is -0.400. The van der Waals surface area contributed by atoms with Crippen molar-refractivity contribution in [3.8, 4) is 11.5 Å². The number of methoxy groups -OCH3 is 1. The van der Waals surface area contributed by atoms with Crippen molar-refractivity contribution in [2.24, 2.45) is 0 Å². The highest BCUT2D eigenvalue weighted by molar-refractivity contribution is 5.55. The minimum atomic E-state index is -0.491. The number of ether oxygens (including phenoxy) is 2. The lowest BCUT2D eigenvalue weighted by Gasteiger charge is -2.16. The molecule has 0 saturated heterocycles. The molecule has 102 valence electrons. The van der Waals surface area contributed by atoms with Crippen molar-refractivity contribution in [1.29, 1.82) is 0 Å². The Bertz CT molecular complexity index is 478. The Balaban J connectivity index is 2.13. The summed E-state index contributed by atoms with van der Waals surface area (Å²) < 4.78 is 11.2. The van der Waals surface area contributed by atoms with Gasteiger partial charge in [0.05, 0.1) is 18.1 Å². The second-order valence-electron chi connectivity index (χ2n) is 4.54. The van der Waals surface area contributed by atoms with Gasteiger partial charge in [-0.05, 0) is 43.4 Å². The summed E-state index contributed by atoms with van der Waals surface area (Å²) in [5.74, 6) is 1.31. The van der Waals surface area contributed by atoms with E-state index in [0.29, 0.717) is 17.1 Å². The molecule has 0 heterocycles. The highest BCUT2D eigenvalue weighted by atomic mass is 16.6. The number of rotatable bonds is 5. The summed E-state index contributed by atoms with van der Waals surface area (Å²) in [5.41, 5.74) is 0.715. The smallest absolute Gasteiger partial charge is 0.235 e. The van der Waals surface area contributed by atoms with Gasteiger partial charge in [-0.1, -0.05) is 6.07 Å². The van der Waals surface area contributed by atoms with E-state index in [1.54, 1.807) is 25.3 Å². The first-order chi connectivity index (χ1) is 9.19. The molecule has 0 unspecified atom stereocenters. The molecule has 0 radical (unpaired) electrons. The van der Waals surface area contributed by atoms with Crippen LogP contribution in [-0.2, 0) is 0 Å². The van der Waals surface area contributed by atoms with E-state index in [1.807, 2.05) is 0 Å². The second-order valence-corrected chi connectivity index (χ2v) is 4.54. The number of nitrogens with zero attached hydrogens (tertiary/aromatic N) is 1. The second kappa shape index (κ2) is 6.22. The molecule has 0 spiro atoms. The summed E-state index contributed by atoms with van der Waals surface area (Å²) in [6.07, 6.45) is 7.16. The maximum atomic E-state index is 10.3. The lowest BCUT2D eigenvalue weighted by Crippen LogP contribution is -2.11. The summed E-state index contributed by atoms with van der Waals surface area (Å²) in [7, 11) is 1.57. The van der Waals surface area contributed by atoms with Crippen molar-refractivity contribution >= 4 is 6.08 Å². The molecule has 0 aliphatic heterocycles. The zero-order valence-corrected chi connectivity index (χ0v) is 10.9. The largest absolute Gasteiger partial charge is 0.493 e. The van der Waals surface area contributed by atoms with Gasteiger partial charge in [0, 0.05) is 6.08 Å². The summed E-state index contributed by atoms with van der Waals surface area (Å²) in [5, 5.41) is 10.3. The van der Waals surface area contributed by atoms with Gasteiger partial charge in [0.15, 0.2) is 11.5 Å². The normalized spacial score (nSPS) is 15.8. The summed E-state index contributed by atoms with van der Waals surface area (Å²) >= 11 is 0. The molecule has 5 heteroatoms. The van der Waals surface area contributed by atoms with E-state index in [4.69, 9.17) is 9.47 Å². The summed E-state index contributed by atoms with van der Waals surface area (Å²) in [4.78, 5) is 9.80. The molecule has 1 aliphatic carbocycles. The van der Waals surface area contributed by atoms with Gasteiger partial charge in [-0.25, -0.2) is 0 Å². The van der Waals surface area contributed by atoms with E-state index in [2.05, 4.69) is 0 Å². The third-order valence-electron chi connectivity index (χ3n) is 3.17. The van der Waals surface area contributed by atoms with Crippen LogP contribution >= 0.6 is 0 Å². The van der Waals surface area contributed by atoms with Crippen molar-refractivity contribution < 1.29 is 14.4 Å². The first kappa shape index (κ1) is 13.4. The molecule has 0 bridgehead atoms. The molecule has 1 aromatic rings. The van der Waals surface area contributed by atoms with Crippen LogP contribution in [0.1, 0.15) is 31.2 Å². The number of nitro groups is 1. The number of hydrogen-bond donors (Lipinski definition) is 0. The van der Waals surface area contributed by atoms with E-state index in [0.717, 1.165) is 19.0 Å². The van der Waals surface area contributed by atoms with E-state index in [1.165, 1.54) is 18.9 Å². The molecule has 5 nitrogen and oxygen atoms in total. The van der Waals surface area contributed by atoms with Gasteiger partial charge in [-0.3, -0.25) is 10.1 Å². The minimum absolute atomic E-state index is 0.258. The highest BCUT2D eigenvalue weighted by Gasteiger charge is 2.18.